The number of anilines is 1. The Morgan fingerprint density at radius 1 is 1.33 bits per heavy atom. The summed E-state index contributed by atoms with van der Waals surface area (Å²) in [6.45, 7) is 5.48. The molecule has 114 valence electrons. The number of aliphatic hydroxyl groups is 1. The SMILES string of the molecule is Cc1cncc(NS(=O)(=O)c2cc(CO)n(C(C)C)c2)c1. The molecule has 2 rings (SSSR count). The van der Waals surface area contributed by atoms with E-state index in [4.69, 9.17) is 0 Å². The van der Waals surface area contributed by atoms with Gasteiger partial charge in [0, 0.05) is 24.1 Å². The van der Waals surface area contributed by atoms with Crippen LogP contribution in [0, 0.1) is 6.92 Å². The summed E-state index contributed by atoms with van der Waals surface area (Å²) < 4.78 is 29.0. The topological polar surface area (TPSA) is 84.2 Å². The van der Waals surface area contributed by atoms with E-state index in [2.05, 4.69) is 9.71 Å². The number of nitrogens with zero attached hydrogens (tertiary/aromatic N) is 2. The molecule has 0 bridgehead atoms. The molecular weight excluding hydrogens is 290 g/mol. The van der Waals surface area contributed by atoms with Crippen LogP contribution in [-0.4, -0.2) is 23.1 Å². The number of hydrogen-bond donors (Lipinski definition) is 2. The molecular formula is C14H19N3O3S. The summed E-state index contributed by atoms with van der Waals surface area (Å²) in [5.74, 6) is 0. The van der Waals surface area contributed by atoms with Gasteiger partial charge in [0.15, 0.2) is 0 Å². The van der Waals surface area contributed by atoms with Gasteiger partial charge >= 0.3 is 0 Å². The number of nitrogens with one attached hydrogen (secondary N) is 1. The second kappa shape index (κ2) is 5.87. The van der Waals surface area contributed by atoms with Crippen molar-refractivity contribution in [2.45, 2.75) is 38.3 Å². The minimum Gasteiger partial charge on any atom is -0.390 e. The normalized spacial score (nSPS) is 11.9. The van der Waals surface area contributed by atoms with Crippen molar-refractivity contribution in [1.82, 2.24) is 9.55 Å². The molecule has 0 saturated heterocycles. The van der Waals surface area contributed by atoms with Gasteiger partial charge in [0.1, 0.15) is 4.90 Å². The number of rotatable bonds is 5. The average Bonchev–Trinajstić information content (AvgIpc) is 2.83. The van der Waals surface area contributed by atoms with Crippen LogP contribution in [0.15, 0.2) is 35.6 Å². The Bertz CT molecular complexity index is 736. The summed E-state index contributed by atoms with van der Waals surface area (Å²) in [5.41, 5.74) is 1.84. The Labute approximate surface area is 124 Å². The maximum Gasteiger partial charge on any atom is 0.263 e. The van der Waals surface area contributed by atoms with Crippen LogP contribution in [0.4, 0.5) is 5.69 Å². The van der Waals surface area contributed by atoms with Crippen LogP contribution in [0.5, 0.6) is 0 Å². The van der Waals surface area contributed by atoms with Crippen LogP contribution in [0.1, 0.15) is 31.1 Å². The van der Waals surface area contributed by atoms with E-state index in [0.29, 0.717) is 11.4 Å². The molecule has 21 heavy (non-hydrogen) atoms. The summed E-state index contributed by atoms with van der Waals surface area (Å²) in [7, 11) is -3.70. The number of aliphatic hydroxyl groups excluding tert-OH is 1. The van der Waals surface area contributed by atoms with E-state index in [1.807, 2.05) is 20.8 Å². The first-order chi connectivity index (χ1) is 9.83. The Balaban J connectivity index is 2.36. The molecule has 0 unspecified atom stereocenters. The monoisotopic (exact) mass is 309 g/mol. The number of aryl methyl sites for hydroxylation is 1. The van der Waals surface area contributed by atoms with Gasteiger partial charge < -0.3 is 9.67 Å². The molecule has 0 saturated carbocycles. The molecule has 7 heteroatoms. The molecule has 2 aromatic heterocycles. The van der Waals surface area contributed by atoms with Gasteiger partial charge in [-0.25, -0.2) is 8.42 Å². The zero-order valence-corrected chi connectivity index (χ0v) is 13.1. The van der Waals surface area contributed by atoms with Gasteiger partial charge in [-0.1, -0.05) is 0 Å². The fourth-order valence-electron chi connectivity index (χ4n) is 2.08. The third-order valence-electron chi connectivity index (χ3n) is 3.06. The van der Waals surface area contributed by atoms with Crippen molar-refractivity contribution < 1.29 is 13.5 Å². The molecule has 2 heterocycles. The van der Waals surface area contributed by atoms with E-state index in [-0.39, 0.29) is 17.5 Å². The van der Waals surface area contributed by atoms with Crippen LogP contribution in [0.25, 0.3) is 0 Å². The number of hydrogen-bond acceptors (Lipinski definition) is 4. The highest BCUT2D eigenvalue weighted by atomic mass is 32.2. The van der Waals surface area contributed by atoms with Crippen molar-refractivity contribution in [3.05, 3.63) is 42.0 Å². The minimum atomic E-state index is -3.70. The first-order valence-electron chi connectivity index (χ1n) is 6.59. The number of sulfonamides is 1. The van der Waals surface area contributed by atoms with Gasteiger partial charge in [0.2, 0.25) is 0 Å². The van der Waals surface area contributed by atoms with E-state index < -0.39 is 10.0 Å². The second-order valence-corrected chi connectivity index (χ2v) is 6.87. The molecule has 0 fully saturated rings. The van der Waals surface area contributed by atoms with Gasteiger partial charge in [0.05, 0.1) is 18.5 Å². The maximum absolute atomic E-state index is 12.4. The van der Waals surface area contributed by atoms with E-state index in [0.717, 1.165) is 5.56 Å². The highest BCUT2D eigenvalue weighted by molar-refractivity contribution is 7.92. The molecule has 0 aliphatic rings. The Kier molecular flexibility index (Phi) is 4.34. The standard InChI is InChI=1S/C14H19N3O3S/c1-10(2)17-8-14(5-13(17)9-18)21(19,20)16-12-4-11(3)6-15-7-12/h4-8,10,16,18H,9H2,1-3H3. The predicted molar refractivity (Wildman–Crippen MR) is 80.5 cm³/mol. The number of pyridine rings is 1. The Morgan fingerprint density at radius 2 is 2.05 bits per heavy atom. The second-order valence-electron chi connectivity index (χ2n) is 5.18. The predicted octanol–water partition coefficient (Wildman–Crippen LogP) is 2.07. The van der Waals surface area contributed by atoms with Crippen molar-refractivity contribution in [2.24, 2.45) is 0 Å². The third kappa shape index (κ3) is 3.43. The van der Waals surface area contributed by atoms with Crippen LogP contribution in [-0.2, 0) is 16.6 Å². The lowest BCUT2D eigenvalue weighted by Crippen LogP contribution is -2.12. The quantitative estimate of drug-likeness (QED) is 0.885. The first-order valence-corrected chi connectivity index (χ1v) is 8.08. The lowest BCUT2D eigenvalue weighted by molar-refractivity contribution is 0.268. The van der Waals surface area contributed by atoms with Gasteiger partial charge in [-0.15, -0.1) is 0 Å². The third-order valence-corrected chi connectivity index (χ3v) is 4.41. The minimum absolute atomic E-state index is 0.0664. The molecule has 6 nitrogen and oxygen atoms in total. The van der Waals surface area contributed by atoms with Crippen molar-refractivity contribution in [2.75, 3.05) is 4.72 Å². The van der Waals surface area contributed by atoms with Crippen LogP contribution < -0.4 is 4.72 Å². The summed E-state index contributed by atoms with van der Waals surface area (Å²) in [5, 5.41) is 9.33. The Morgan fingerprint density at radius 3 is 2.57 bits per heavy atom. The molecule has 0 aliphatic heterocycles. The van der Waals surface area contributed by atoms with Crippen molar-refractivity contribution in [3.63, 3.8) is 0 Å². The first kappa shape index (κ1) is 15.5. The van der Waals surface area contributed by atoms with Crippen molar-refractivity contribution in [1.29, 1.82) is 0 Å². The molecule has 0 aromatic carbocycles. The maximum atomic E-state index is 12.4. The van der Waals surface area contributed by atoms with E-state index in [9.17, 15) is 13.5 Å². The Hall–Kier alpha value is -1.86. The van der Waals surface area contributed by atoms with E-state index in [1.165, 1.54) is 18.5 Å². The summed E-state index contributed by atoms with van der Waals surface area (Å²) in [4.78, 5) is 4.08. The van der Waals surface area contributed by atoms with Gasteiger partial charge in [0.25, 0.3) is 10.0 Å². The molecule has 2 aromatic rings. The van der Waals surface area contributed by atoms with Gasteiger partial charge in [-0.05, 0) is 38.5 Å². The largest absolute Gasteiger partial charge is 0.390 e. The zero-order chi connectivity index (χ0) is 15.6. The summed E-state index contributed by atoms with van der Waals surface area (Å²) in [6.07, 6.45) is 4.63. The fraction of sp³-hybridized carbons (Fsp3) is 0.357. The van der Waals surface area contributed by atoms with Crippen LogP contribution in [0.2, 0.25) is 0 Å². The summed E-state index contributed by atoms with van der Waals surface area (Å²) >= 11 is 0. The average molecular weight is 309 g/mol. The lowest BCUT2D eigenvalue weighted by Gasteiger charge is -2.10. The van der Waals surface area contributed by atoms with Crippen LogP contribution in [0.3, 0.4) is 0 Å². The zero-order valence-electron chi connectivity index (χ0n) is 12.2. The van der Waals surface area contributed by atoms with Crippen molar-refractivity contribution >= 4 is 15.7 Å². The molecule has 0 aliphatic carbocycles. The lowest BCUT2D eigenvalue weighted by atomic mass is 10.3. The number of aromatic nitrogens is 2. The molecule has 0 spiro atoms. The van der Waals surface area contributed by atoms with E-state index >= 15 is 0 Å². The molecule has 0 atom stereocenters. The van der Waals surface area contributed by atoms with Crippen LogP contribution >= 0.6 is 0 Å². The van der Waals surface area contributed by atoms with Gasteiger partial charge in [-0.2, -0.15) is 0 Å². The van der Waals surface area contributed by atoms with Gasteiger partial charge in [-0.3, -0.25) is 9.71 Å². The molecule has 0 amide bonds. The molecule has 2 N–H and O–H groups in total. The summed E-state index contributed by atoms with van der Waals surface area (Å²) in [6, 6.07) is 3.25. The fourth-order valence-corrected chi connectivity index (χ4v) is 3.16. The highest BCUT2D eigenvalue weighted by Crippen LogP contribution is 2.21. The smallest absolute Gasteiger partial charge is 0.263 e. The van der Waals surface area contributed by atoms with E-state index in [1.54, 1.807) is 16.8 Å². The molecule has 0 radical (unpaired) electrons. The highest BCUT2D eigenvalue weighted by Gasteiger charge is 2.19. The van der Waals surface area contributed by atoms with Crippen molar-refractivity contribution in [3.8, 4) is 0 Å².